The summed E-state index contributed by atoms with van der Waals surface area (Å²) < 4.78 is 18.0. The Bertz CT molecular complexity index is 1580. The molecule has 0 radical (unpaired) electrons. The molecule has 4 aliphatic rings. The van der Waals surface area contributed by atoms with Gasteiger partial charge in [-0.15, -0.1) is 0 Å². The number of methoxy groups -OCH3 is 1. The number of carbonyl (C=O) groups is 3. The summed E-state index contributed by atoms with van der Waals surface area (Å²) in [5, 5.41) is 3.03. The van der Waals surface area contributed by atoms with E-state index < -0.39 is 12.1 Å². The number of carbonyl (C=O) groups excluding carboxylic acids is 3. The minimum atomic E-state index is -0.521. The van der Waals surface area contributed by atoms with Crippen LogP contribution in [0.4, 0.5) is 0 Å². The Morgan fingerprint density at radius 2 is 1.79 bits per heavy atom. The van der Waals surface area contributed by atoms with Gasteiger partial charge in [-0.2, -0.15) is 0 Å². The predicted molar refractivity (Wildman–Crippen MR) is 156 cm³/mol. The first-order chi connectivity index (χ1) is 20.9. The fraction of sp³-hybridized carbons (Fsp3) is 0.375. The number of fused-ring (bicyclic) bond motifs is 9. The van der Waals surface area contributed by atoms with Gasteiger partial charge in [0.25, 0.3) is 5.91 Å². The van der Waals surface area contributed by atoms with Gasteiger partial charge >= 0.3 is 0 Å². The molecule has 4 bridgehead atoms. The van der Waals surface area contributed by atoms with Crippen molar-refractivity contribution in [1.29, 1.82) is 0 Å². The standard InChI is InChI=1S/C32H34N4O7/c1-41-27-15-20-8-12-26(27)43-23-5-2-4-21(14-23)19-42-28-17-35(32(40)24-6-3-7-29(37)33-24)16-25(28)34-30(38)18-36(22-10-11-22)31(39)13-9-20/h2-8,12,14-15,22,25,28H,9-11,13,16-19H2,1H3,(H,33,37)(H,34,38)/t25-,28-/m0/s1. The lowest BCUT2D eigenvalue weighted by atomic mass is 10.1. The van der Waals surface area contributed by atoms with Crippen molar-refractivity contribution in [2.45, 2.75) is 50.5 Å². The fourth-order valence-corrected chi connectivity index (χ4v) is 5.58. The number of rotatable bonds is 3. The number of benzene rings is 2. The van der Waals surface area contributed by atoms with Gasteiger partial charge < -0.3 is 34.3 Å². The summed E-state index contributed by atoms with van der Waals surface area (Å²) in [5.41, 5.74) is 1.57. The minimum Gasteiger partial charge on any atom is -0.493 e. The normalized spacial score (nSPS) is 21.2. The van der Waals surface area contributed by atoms with Gasteiger partial charge in [0.2, 0.25) is 17.4 Å². The topological polar surface area (TPSA) is 130 Å². The number of aromatic nitrogens is 1. The minimum absolute atomic E-state index is 0.0487. The van der Waals surface area contributed by atoms with Crippen molar-refractivity contribution >= 4 is 17.7 Å². The van der Waals surface area contributed by atoms with Crippen molar-refractivity contribution in [3.05, 3.63) is 87.8 Å². The number of amides is 3. The number of ether oxygens (including phenoxy) is 3. The fourth-order valence-electron chi connectivity index (χ4n) is 5.58. The summed E-state index contributed by atoms with van der Waals surface area (Å²) in [6.07, 6.45) is 1.95. The maximum atomic E-state index is 13.3. The summed E-state index contributed by atoms with van der Waals surface area (Å²) >= 11 is 0. The van der Waals surface area contributed by atoms with Gasteiger partial charge in [0.05, 0.1) is 32.4 Å². The number of hydrogen-bond donors (Lipinski definition) is 2. The molecule has 0 spiro atoms. The second kappa shape index (κ2) is 12.3. The largest absolute Gasteiger partial charge is 0.493 e. The second-order valence-corrected chi connectivity index (χ2v) is 11.1. The van der Waals surface area contributed by atoms with E-state index in [4.69, 9.17) is 14.2 Å². The van der Waals surface area contributed by atoms with Crippen molar-refractivity contribution in [1.82, 2.24) is 20.1 Å². The molecule has 11 heteroatoms. The van der Waals surface area contributed by atoms with E-state index in [0.29, 0.717) is 23.7 Å². The van der Waals surface area contributed by atoms with Crippen LogP contribution in [0, 0.1) is 0 Å². The van der Waals surface area contributed by atoms with Gasteiger partial charge in [0.15, 0.2) is 11.5 Å². The zero-order chi connectivity index (χ0) is 29.9. The van der Waals surface area contributed by atoms with E-state index in [1.165, 1.54) is 12.1 Å². The Balaban J connectivity index is 1.28. The molecule has 2 atom stereocenters. The third kappa shape index (κ3) is 6.72. The number of nitrogens with one attached hydrogen (secondary N) is 2. The number of nitrogens with zero attached hydrogens (tertiary/aromatic N) is 2. The van der Waals surface area contributed by atoms with E-state index in [-0.39, 0.29) is 67.7 Å². The first kappa shape index (κ1) is 28.5. The molecule has 3 aromatic rings. The summed E-state index contributed by atoms with van der Waals surface area (Å²) in [6, 6.07) is 17.1. The van der Waals surface area contributed by atoms with Crippen LogP contribution in [0.1, 0.15) is 40.9 Å². The van der Waals surface area contributed by atoms with Gasteiger partial charge in [-0.1, -0.05) is 24.3 Å². The smallest absolute Gasteiger partial charge is 0.270 e. The molecule has 0 unspecified atom stereocenters. The van der Waals surface area contributed by atoms with Gasteiger partial charge in [-0.05, 0) is 60.7 Å². The maximum absolute atomic E-state index is 13.3. The van der Waals surface area contributed by atoms with Crippen LogP contribution in [-0.4, -0.2) is 77.4 Å². The molecular weight excluding hydrogens is 552 g/mol. The SMILES string of the molecule is COc1cc2ccc1Oc1cccc(c1)CO[C@H]1CN(C(=O)c3cccc(=O)[nH]3)C[C@@H]1NC(=O)CN(C1CC1)C(=O)CC2. The Labute approximate surface area is 248 Å². The zero-order valence-electron chi connectivity index (χ0n) is 23.9. The molecule has 1 saturated carbocycles. The Kier molecular flexibility index (Phi) is 8.15. The Morgan fingerprint density at radius 1 is 0.953 bits per heavy atom. The first-order valence-electron chi connectivity index (χ1n) is 14.5. The summed E-state index contributed by atoms with van der Waals surface area (Å²) in [6.45, 7) is 0.554. The molecule has 43 heavy (non-hydrogen) atoms. The monoisotopic (exact) mass is 586 g/mol. The molecule has 2 aromatic carbocycles. The molecule has 4 heterocycles. The van der Waals surface area contributed by atoms with Gasteiger partial charge in [0, 0.05) is 31.6 Å². The van der Waals surface area contributed by atoms with Crippen LogP contribution in [0.25, 0.3) is 0 Å². The van der Waals surface area contributed by atoms with Crippen molar-refractivity contribution in [3.8, 4) is 17.2 Å². The van der Waals surface area contributed by atoms with Crippen LogP contribution < -0.4 is 20.3 Å². The number of H-pyrrole nitrogens is 1. The molecule has 2 fully saturated rings. The first-order valence-corrected chi connectivity index (χ1v) is 14.5. The number of aromatic amines is 1. The summed E-state index contributed by atoms with van der Waals surface area (Å²) in [4.78, 5) is 57.5. The quantitative estimate of drug-likeness (QED) is 0.483. The number of pyridine rings is 1. The molecule has 224 valence electrons. The number of hydrogen-bond acceptors (Lipinski definition) is 7. The summed E-state index contributed by atoms with van der Waals surface area (Å²) in [7, 11) is 1.58. The predicted octanol–water partition coefficient (Wildman–Crippen LogP) is 2.64. The summed E-state index contributed by atoms with van der Waals surface area (Å²) in [5.74, 6) is 0.951. The molecule has 7 rings (SSSR count). The maximum Gasteiger partial charge on any atom is 0.270 e. The highest BCUT2D eigenvalue weighted by molar-refractivity contribution is 5.92. The van der Waals surface area contributed by atoms with Crippen molar-refractivity contribution in [3.63, 3.8) is 0 Å². The third-order valence-corrected chi connectivity index (χ3v) is 7.97. The molecular formula is C32H34N4O7. The third-order valence-electron chi connectivity index (χ3n) is 7.97. The lowest BCUT2D eigenvalue weighted by molar-refractivity contribution is -0.137. The molecule has 1 aromatic heterocycles. The van der Waals surface area contributed by atoms with Crippen LogP contribution in [0.15, 0.2) is 65.5 Å². The van der Waals surface area contributed by atoms with E-state index in [9.17, 15) is 19.2 Å². The number of likely N-dealkylation sites (tertiary alicyclic amines) is 1. The van der Waals surface area contributed by atoms with E-state index >= 15 is 0 Å². The number of aryl methyl sites for hydroxylation is 1. The molecule has 3 aliphatic heterocycles. The van der Waals surface area contributed by atoms with E-state index in [0.717, 1.165) is 24.0 Å². The highest BCUT2D eigenvalue weighted by atomic mass is 16.5. The highest BCUT2D eigenvalue weighted by Gasteiger charge is 2.39. The van der Waals surface area contributed by atoms with Crippen molar-refractivity contribution in [2.75, 3.05) is 26.7 Å². The van der Waals surface area contributed by atoms with Gasteiger partial charge in [-0.3, -0.25) is 19.2 Å². The molecule has 3 amide bonds. The second-order valence-electron chi connectivity index (χ2n) is 11.1. The molecule has 1 saturated heterocycles. The van der Waals surface area contributed by atoms with Crippen LogP contribution >= 0.6 is 0 Å². The van der Waals surface area contributed by atoms with E-state index in [2.05, 4.69) is 10.3 Å². The van der Waals surface area contributed by atoms with Crippen LogP contribution in [-0.2, 0) is 27.4 Å². The van der Waals surface area contributed by atoms with Crippen molar-refractivity contribution < 1.29 is 28.6 Å². The van der Waals surface area contributed by atoms with E-state index in [1.807, 2.05) is 42.5 Å². The van der Waals surface area contributed by atoms with Crippen LogP contribution in [0.2, 0.25) is 0 Å². The molecule has 1 aliphatic carbocycles. The molecule has 2 N–H and O–H groups in total. The molecule has 11 nitrogen and oxygen atoms in total. The van der Waals surface area contributed by atoms with Gasteiger partial charge in [0.1, 0.15) is 11.4 Å². The Hall–Kier alpha value is -4.64. The highest BCUT2D eigenvalue weighted by Crippen LogP contribution is 2.34. The lowest BCUT2D eigenvalue weighted by Crippen LogP contribution is -2.49. The van der Waals surface area contributed by atoms with E-state index in [1.54, 1.807) is 23.0 Å². The van der Waals surface area contributed by atoms with Crippen LogP contribution in [0.3, 0.4) is 0 Å². The van der Waals surface area contributed by atoms with Gasteiger partial charge in [-0.25, -0.2) is 0 Å². The average molecular weight is 587 g/mol. The average Bonchev–Trinajstić information content (AvgIpc) is 3.77. The van der Waals surface area contributed by atoms with Crippen molar-refractivity contribution in [2.24, 2.45) is 0 Å². The Morgan fingerprint density at radius 3 is 2.58 bits per heavy atom. The zero-order valence-corrected chi connectivity index (χ0v) is 23.9. The van der Waals surface area contributed by atoms with Crippen LogP contribution in [0.5, 0.6) is 17.2 Å². The lowest BCUT2D eigenvalue weighted by Gasteiger charge is -2.25.